The Morgan fingerprint density at radius 3 is 2.71 bits per heavy atom. The van der Waals surface area contributed by atoms with Gasteiger partial charge < -0.3 is 9.26 Å². The third-order valence-electron chi connectivity index (χ3n) is 4.85. The summed E-state index contributed by atoms with van der Waals surface area (Å²) in [5.41, 5.74) is 1.20. The second-order valence-electron chi connectivity index (χ2n) is 6.54. The number of rotatable bonds is 7. The first-order valence-electron chi connectivity index (χ1n) is 8.79. The highest BCUT2D eigenvalue weighted by Gasteiger charge is 2.35. The van der Waals surface area contributed by atoms with Crippen LogP contribution >= 0.6 is 0 Å². The van der Waals surface area contributed by atoms with E-state index in [1.807, 2.05) is 18.2 Å². The average molecular weight is 328 g/mol. The zero-order chi connectivity index (χ0) is 16.2. The van der Waals surface area contributed by atoms with Crippen LogP contribution < -0.4 is 0 Å². The molecule has 0 aliphatic carbocycles. The lowest BCUT2D eigenvalue weighted by Gasteiger charge is -2.46. The van der Waals surface area contributed by atoms with E-state index in [0.29, 0.717) is 19.3 Å². The van der Waals surface area contributed by atoms with Crippen molar-refractivity contribution in [3.8, 4) is 0 Å². The van der Waals surface area contributed by atoms with Gasteiger partial charge in [0.25, 0.3) is 0 Å². The molecule has 0 radical (unpaired) electrons. The first kappa shape index (κ1) is 15.7. The Labute approximate surface area is 142 Å². The Morgan fingerprint density at radius 2 is 1.96 bits per heavy atom. The van der Waals surface area contributed by atoms with Crippen LogP contribution in [0.1, 0.15) is 29.7 Å². The highest BCUT2D eigenvalue weighted by atomic mass is 16.5. The van der Waals surface area contributed by atoms with Crippen molar-refractivity contribution in [2.45, 2.75) is 25.5 Å². The number of hydrogen-bond acceptors (Lipinski definition) is 6. The maximum absolute atomic E-state index is 5.70. The number of benzene rings is 1. The molecule has 6 heteroatoms. The molecule has 2 bridgehead atoms. The molecule has 4 heterocycles. The van der Waals surface area contributed by atoms with Gasteiger partial charge >= 0.3 is 0 Å². The second kappa shape index (κ2) is 7.42. The van der Waals surface area contributed by atoms with Crippen molar-refractivity contribution >= 4 is 0 Å². The van der Waals surface area contributed by atoms with Crippen molar-refractivity contribution in [2.75, 3.05) is 39.3 Å². The smallest absolute Gasteiger partial charge is 0.226 e. The minimum absolute atomic E-state index is 0.305. The Kier molecular flexibility index (Phi) is 4.87. The molecule has 24 heavy (non-hydrogen) atoms. The maximum Gasteiger partial charge on any atom is 0.226 e. The van der Waals surface area contributed by atoms with Crippen LogP contribution in [0.25, 0.3) is 0 Å². The Morgan fingerprint density at radius 1 is 1.12 bits per heavy atom. The minimum atomic E-state index is 0.305. The van der Waals surface area contributed by atoms with E-state index in [0.717, 1.165) is 44.2 Å². The summed E-state index contributed by atoms with van der Waals surface area (Å²) < 4.78 is 11.1. The molecule has 128 valence electrons. The largest absolute Gasteiger partial charge is 0.377 e. The second-order valence-corrected chi connectivity index (χ2v) is 6.54. The quantitative estimate of drug-likeness (QED) is 0.724. The minimum Gasteiger partial charge on any atom is -0.377 e. The van der Waals surface area contributed by atoms with Gasteiger partial charge in [0.1, 0.15) is 0 Å². The molecule has 3 saturated heterocycles. The summed E-state index contributed by atoms with van der Waals surface area (Å²) in [6.07, 6.45) is 1.67. The molecule has 3 aliphatic heterocycles. The number of piperazine rings is 3. The number of aromatic nitrogens is 2. The van der Waals surface area contributed by atoms with Gasteiger partial charge in [0.05, 0.1) is 12.6 Å². The Bertz CT molecular complexity index is 637. The van der Waals surface area contributed by atoms with Crippen LogP contribution in [0.2, 0.25) is 0 Å². The highest BCUT2D eigenvalue weighted by molar-refractivity contribution is 5.13. The van der Waals surface area contributed by atoms with Crippen LogP contribution in [-0.2, 0) is 17.8 Å². The number of nitrogens with zero attached hydrogens (tertiary/aromatic N) is 4. The van der Waals surface area contributed by atoms with Gasteiger partial charge in [-0.05, 0) is 12.0 Å². The maximum atomic E-state index is 5.70. The summed E-state index contributed by atoms with van der Waals surface area (Å²) in [5.74, 6) is 1.57. The Hall–Kier alpha value is -1.76. The molecule has 1 aromatic heterocycles. The lowest BCUT2D eigenvalue weighted by atomic mass is 10.1. The van der Waals surface area contributed by atoms with Gasteiger partial charge in [0, 0.05) is 45.8 Å². The number of hydrogen-bond donors (Lipinski definition) is 0. The van der Waals surface area contributed by atoms with Gasteiger partial charge in [-0.2, -0.15) is 4.98 Å². The highest BCUT2D eigenvalue weighted by Crippen LogP contribution is 2.26. The van der Waals surface area contributed by atoms with Gasteiger partial charge in [-0.25, -0.2) is 0 Å². The molecule has 0 amide bonds. The fourth-order valence-electron chi connectivity index (χ4n) is 3.46. The summed E-state index contributed by atoms with van der Waals surface area (Å²) in [6, 6.07) is 10.5. The first-order chi connectivity index (χ1) is 11.9. The third-order valence-corrected chi connectivity index (χ3v) is 4.85. The van der Waals surface area contributed by atoms with Crippen molar-refractivity contribution in [1.29, 1.82) is 0 Å². The normalized spacial score (nSPS) is 25.9. The molecule has 6 nitrogen and oxygen atoms in total. The molecule has 1 aromatic carbocycles. The van der Waals surface area contributed by atoms with E-state index < -0.39 is 0 Å². The predicted octanol–water partition coefficient (Wildman–Crippen LogP) is 1.89. The lowest BCUT2D eigenvalue weighted by molar-refractivity contribution is 0.00781. The standard InChI is InChI=1S/C18H24N4O2/c1-2-5-15(6-3-1)14-23-12-4-7-17-19-18(20-24-17)16-13-21-8-10-22(16)11-9-21/h1-3,5-6,16H,4,7-14H2. The van der Waals surface area contributed by atoms with Crippen LogP contribution in [-0.4, -0.2) is 59.3 Å². The van der Waals surface area contributed by atoms with E-state index >= 15 is 0 Å². The molecule has 2 aromatic rings. The number of fused-ring (bicyclic) bond motifs is 3. The monoisotopic (exact) mass is 328 g/mol. The van der Waals surface area contributed by atoms with Gasteiger partial charge in [0.2, 0.25) is 5.89 Å². The van der Waals surface area contributed by atoms with Gasteiger partial charge in [-0.15, -0.1) is 0 Å². The van der Waals surface area contributed by atoms with Crippen molar-refractivity contribution in [3.05, 3.63) is 47.6 Å². The van der Waals surface area contributed by atoms with E-state index in [1.54, 1.807) is 0 Å². The van der Waals surface area contributed by atoms with Crippen LogP contribution in [0.5, 0.6) is 0 Å². The molecule has 0 N–H and O–H groups in total. The fourth-order valence-corrected chi connectivity index (χ4v) is 3.46. The van der Waals surface area contributed by atoms with Gasteiger partial charge in [-0.1, -0.05) is 35.5 Å². The van der Waals surface area contributed by atoms with Crippen molar-refractivity contribution in [2.24, 2.45) is 0 Å². The summed E-state index contributed by atoms with van der Waals surface area (Å²) in [5, 5.41) is 4.21. The molecule has 5 rings (SSSR count). The fraction of sp³-hybridized carbons (Fsp3) is 0.556. The first-order valence-corrected chi connectivity index (χ1v) is 8.79. The zero-order valence-electron chi connectivity index (χ0n) is 13.9. The molecule has 1 unspecified atom stereocenters. The Balaban J connectivity index is 1.21. The summed E-state index contributed by atoms with van der Waals surface area (Å²) >= 11 is 0. The molecule has 3 fully saturated rings. The van der Waals surface area contributed by atoms with Crippen molar-refractivity contribution in [1.82, 2.24) is 19.9 Å². The number of ether oxygens (including phenoxy) is 1. The third kappa shape index (κ3) is 3.66. The van der Waals surface area contributed by atoms with E-state index in [2.05, 4.69) is 32.1 Å². The SMILES string of the molecule is c1ccc(COCCCc2nc(C3CN4CCN3CC4)no2)cc1. The molecular weight excluding hydrogens is 304 g/mol. The molecule has 0 saturated carbocycles. The van der Waals surface area contributed by atoms with Crippen molar-refractivity contribution in [3.63, 3.8) is 0 Å². The summed E-state index contributed by atoms with van der Waals surface area (Å²) in [6.45, 7) is 6.95. The lowest BCUT2D eigenvalue weighted by Crippen LogP contribution is -2.57. The molecule has 3 aliphatic rings. The number of aryl methyl sites for hydroxylation is 1. The molecule has 0 spiro atoms. The molecular formula is C18H24N4O2. The van der Waals surface area contributed by atoms with Gasteiger partial charge in [-0.3, -0.25) is 9.80 Å². The van der Waals surface area contributed by atoms with E-state index in [1.165, 1.54) is 18.7 Å². The van der Waals surface area contributed by atoms with Crippen LogP contribution in [0.3, 0.4) is 0 Å². The zero-order valence-corrected chi connectivity index (χ0v) is 13.9. The van der Waals surface area contributed by atoms with Crippen LogP contribution in [0.15, 0.2) is 34.9 Å². The summed E-state index contributed by atoms with van der Waals surface area (Å²) in [4.78, 5) is 9.56. The van der Waals surface area contributed by atoms with E-state index in [-0.39, 0.29) is 0 Å². The predicted molar refractivity (Wildman–Crippen MR) is 89.5 cm³/mol. The van der Waals surface area contributed by atoms with E-state index in [4.69, 9.17) is 9.26 Å². The van der Waals surface area contributed by atoms with E-state index in [9.17, 15) is 0 Å². The van der Waals surface area contributed by atoms with Gasteiger partial charge in [0.15, 0.2) is 5.82 Å². The molecule has 1 atom stereocenters. The van der Waals surface area contributed by atoms with Crippen molar-refractivity contribution < 1.29 is 9.26 Å². The van der Waals surface area contributed by atoms with Crippen LogP contribution in [0, 0.1) is 0 Å². The van der Waals surface area contributed by atoms with Crippen LogP contribution in [0.4, 0.5) is 0 Å². The summed E-state index contributed by atoms with van der Waals surface area (Å²) in [7, 11) is 0. The average Bonchev–Trinajstić information content (AvgIpc) is 3.12. The topological polar surface area (TPSA) is 54.6 Å².